The van der Waals surface area contributed by atoms with Crippen molar-refractivity contribution in [1.82, 2.24) is 4.90 Å². The third kappa shape index (κ3) is 4.95. The summed E-state index contributed by atoms with van der Waals surface area (Å²) in [5.74, 6) is 0.115. The fourth-order valence-electron chi connectivity index (χ4n) is 3.24. The Bertz CT molecular complexity index is 535. The van der Waals surface area contributed by atoms with Crippen molar-refractivity contribution in [2.45, 2.75) is 45.6 Å². The standard InChI is InChI=1S/C18H26BrNO3/c1-3-15-12-14(18(21)22)8-10-20(15)9-5-11-23-17-7-4-6-16(19)13(17)2/h4,6-7,14-15H,3,5,8-12H2,1-2H3,(H,21,22). The van der Waals surface area contributed by atoms with Gasteiger partial charge >= 0.3 is 5.97 Å². The lowest BCUT2D eigenvalue weighted by atomic mass is 9.89. The molecule has 0 radical (unpaired) electrons. The van der Waals surface area contributed by atoms with Crippen molar-refractivity contribution in [3.63, 3.8) is 0 Å². The number of carboxylic acids is 1. The molecule has 0 bridgehead atoms. The normalized spacial score (nSPS) is 22.0. The van der Waals surface area contributed by atoms with Gasteiger partial charge in [-0.05, 0) is 51.3 Å². The predicted molar refractivity (Wildman–Crippen MR) is 95.0 cm³/mol. The average Bonchev–Trinajstić information content (AvgIpc) is 2.55. The van der Waals surface area contributed by atoms with E-state index in [1.807, 2.05) is 25.1 Å². The van der Waals surface area contributed by atoms with Crippen LogP contribution in [0.2, 0.25) is 0 Å². The van der Waals surface area contributed by atoms with Crippen LogP contribution in [0, 0.1) is 12.8 Å². The van der Waals surface area contributed by atoms with Gasteiger partial charge in [0.2, 0.25) is 0 Å². The molecule has 2 rings (SSSR count). The molecule has 1 aliphatic heterocycles. The van der Waals surface area contributed by atoms with E-state index in [0.717, 1.165) is 54.6 Å². The molecule has 1 aliphatic rings. The molecule has 0 aromatic heterocycles. The Kier molecular flexibility index (Phi) is 6.90. The van der Waals surface area contributed by atoms with Gasteiger partial charge in [-0.1, -0.05) is 28.9 Å². The molecule has 0 saturated carbocycles. The topological polar surface area (TPSA) is 49.8 Å². The van der Waals surface area contributed by atoms with Crippen LogP contribution in [-0.4, -0.2) is 41.7 Å². The van der Waals surface area contributed by atoms with E-state index in [-0.39, 0.29) is 5.92 Å². The van der Waals surface area contributed by atoms with Crippen LogP contribution in [0.3, 0.4) is 0 Å². The number of carboxylic acid groups (broad SMARTS) is 1. The fourth-order valence-corrected chi connectivity index (χ4v) is 3.58. The zero-order valence-corrected chi connectivity index (χ0v) is 15.5. The Morgan fingerprint density at radius 2 is 2.26 bits per heavy atom. The molecule has 0 spiro atoms. The molecule has 23 heavy (non-hydrogen) atoms. The zero-order valence-electron chi connectivity index (χ0n) is 13.9. The summed E-state index contributed by atoms with van der Waals surface area (Å²) >= 11 is 3.52. The van der Waals surface area contributed by atoms with Gasteiger partial charge in [0.25, 0.3) is 0 Å². The second-order valence-electron chi connectivity index (χ2n) is 6.22. The number of hydrogen-bond donors (Lipinski definition) is 1. The van der Waals surface area contributed by atoms with Crippen LogP contribution >= 0.6 is 15.9 Å². The third-order valence-corrected chi connectivity index (χ3v) is 5.58. The summed E-state index contributed by atoms with van der Waals surface area (Å²) in [5, 5.41) is 9.18. The van der Waals surface area contributed by atoms with Crippen LogP contribution in [0.25, 0.3) is 0 Å². The van der Waals surface area contributed by atoms with Gasteiger partial charge in [-0.3, -0.25) is 4.79 Å². The monoisotopic (exact) mass is 383 g/mol. The highest BCUT2D eigenvalue weighted by molar-refractivity contribution is 9.10. The van der Waals surface area contributed by atoms with E-state index in [4.69, 9.17) is 4.74 Å². The molecule has 5 heteroatoms. The summed E-state index contributed by atoms with van der Waals surface area (Å²) in [4.78, 5) is 13.6. The van der Waals surface area contributed by atoms with Crippen LogP contribution in [0.1, 0.15) is 38.2 Å². The number of carbonyl (C=O) groups is 1. The summed E-state index contributed by atoms with van der Waals surface area (Å²) < 4.78 is 6.95. The maximum Gasteiger partial charge on any atom is 0.306 e. The van der Waals surface area contributed by atoms with Crippen molar-refractivity contribution in [1.29, 1.82) is 0 Å². The minimum absolute atomic E-state index is 0.170. The van der Waals surface area contributed by atoms with Crippen LogP contribution in [0.15, 0.2) is 22.7 Å². The molecular formula is C18H26BrNO3. The van der Waals surface area contributed by atoms with Crippen LogP contribution < -0.4 is 4.74 Å². The molecule has 2 unspecified atom stereocenters. The third-order valence-electron chi connectivity index (χ3n) is 4.72. The van der Waals surface area contributed by atoms with Crippen LogP contribution in [0.5, 0.6) is 5.75 Å². The number of halogens is 1. The average molecular weight is 384 g/mol. The quantitative estimate of drug-likeness (QED) is 0.719. The Hall–Kier alpha value is -1.07. The van der Waals surface area contributed by atoms with E-state index < -0.39 is 5.97 Å². The van der Waals surface area contributed by atoms with Gasteiger partial charge in [-0.15, -0.1) is 0 Å². The number of benzene rings is 1. The lowest BCUT2D eigenvalue weighted by Crippen LogP contribution is -2.44. The summed E-state index contributed by atoms with van der Waals surface area (Å²) in [7, 11) is 0. The first-order chi connectivity index (χ1) is 11.0. The van der Waals surface area contributed by atoms with Gasteiger partial charge in [0.15, 0.2) is 0 Å². The Labute approximate surface area is 147 Å². The highest BCUT2D eigenvalue weighted by Crippen LogP contribution is 2.27. The number of aliphatic carboxylic acids is 1. The smallest absolute Gasteiger partial charge is 0.306 e. The molecule has 1 saturated heterocycles. The first-order valence-corrected chi connectivity index (χ1v) is 9.17. The number of piperidine rings is 1. The molecule has 1 N–H and O–H groups in total. The van der Waals surface area contributed by atoms with E-state index in [0.29, 0.717) is 12.6 Å². The molecule has 1 fully saturated rings. The van der Waals surface area contributed by atoms with Crippen molar-refractivity contribution >= 4 is 21.9 Å². The van der Waals surface area contributed by atoms with Gasteiger partial charge in [0.1, 0.15) is 5.75 Å². The molecule has 1 aromatic rings. The number of rotatable bonds is 7. The van der Waals surface area contributed by atoms with Gasteiger partial charge in [0.05, 0.1) is 12.5 Å². The van der Waals surface area contributed by atoms with E-state index in [1.54, 1.807) is 0 Å². The number of nitrogens with zero attached hydrogens (tertiary/aromatic N) is 1. The Balaban J connectivity index is 1.77. The first-order valence-electron chi connectivity index (χ1n) is 8.37. The largest absolute Gasteiger partial charge is 0.493 e. The second-order valence-corrected chi connectivity index (χ2v) is 7.08. The van der Waals surface area contributed by atoms with Gasteiger partial charge < -0.3 is 14.7 Å². The molecule has 0 aliphatic carbocycles. The summed E-state index contributed by atoms with van der Waals surface area (Å²) in [6, 6.07) is 6.38. The van der Waals surface area contributed by atoms with Crippen molar-refractivity contribution in [2.24, 2.45) is 5.92 Å². The molecule has 1 aromatic carbocycles. The van der Waals surface area contributed by atoms with Crippen LogP contribution in [0.4, 0.5) is 0 Å². The fraction of sp³-hybridized carbons (Fsp3) is 0.611. The number of likely N-dealkylation sites (tertiary alicyclic amines) is 1. The molecule has 1 heterocycles. The van der Waals surface area contributed by atoms with Crippen molar-refractivity contribution in [2.75, 3.05) is 19.7 Å². The lowest BCUT2D eigenvalue weighted by molar-refractivity contribution is -0.144. The first kappa shape index (κ1) is 18.3. The van der Waals surface area contributed by atoms with Gasteiger partial charge in [-0.25, -0.2) is 0 Å². The second kappa shape index (κ2) is 8.69. The van der Waals surface area contributed by atoms with Crippen LogP contribution in [-0.2, 0) is 4.79 Å². The Morgan fingerprint density at radius 3 is 2.96 bits per heavy atom. The van der Waals surface area contributed by atoms with Crippen molar-refractivity contribution < 1.29 is 14.6 Å². The SMILES string of the molecule is CCC1CC(C(=O)O)CCN1CCCOc1cccc(Br)c1C. The van der Waals surface area contributed by atoms with E-state index in [1.165, 1.54) is 0 Å². The summed E-state index contributed by atoms with van der Waals surface area (Å²) in [5.41, 5.74) is 1.13. The van der Waals surface area contributed by atoms with E-state index >= 15 is 0 Å². The maximum atomic E-state index is 11.2. The maximum absolute atomic E-state index is 11.2. The number of ether oxygens (including phenoxy) is 1. The van der Waals surface area contributed by atoms with E-state index in [9.17, 15) is 9.90 Å². The van der Waals surface area contributed by atoms with Gasteiger partial charge in [0, 0.05) is 22.6 Å². The highest BCUT2D eigenvalue weighted by Gasteiger charge is 2.30. The molecule has 4 nitrogen and oxygen atoms in total. The minimum atomic E-state index is -0.642. The molecule has 128 valence electrons. The van der Waals surface area contributed by atoms with Crippen molar-refractivity contribution in [3.8, 4) is 5.75 Å². The Morgan fingerprint density at radius 1 is 1.48 bits per heavy atom. The predicted octanol–water partition coefficient (Wildman–Crippen LogP) is 4.10. The lowest BCUT2D eigenvalue weighted by Gasteiger charge is -2.37. The minimum Gasteiger partial charge on any atom is -0.493 e. The molecule has 2 atom stereocenters. The number of hydrogen-bond acceptors (Lipinski definition) is 3. The van der Waals surface area contributed by atoms with Gasteiger partial charge in [-0.2, -0.15) is 0 Å². The molecule has 0 amide bonds. The highest BCUT2D eigenvalue weighted by atomic mass is 79.9. The zero-order chi connectivity index (χ0) is 16.8. The molecular weight excluding hydrogens is 358 g/mol. The summed E-state index contributed by atoms with van der Waals surface area (Å²) in [6.45, 7) is 6.72. The summed E-state index contributed by atoms with van der Waals surface area (Å²) in [6.07, 6.45) is 3.50. The van der Waals surface area contributed by atoms with E-state index in [2.05, 4.69) is 27.8 Å². The van der Waals surface area contributed by atoms with Crippen molar-refractivity contribution in [3.05, 3.63) is 28.2 Å².